The van der Waals surface area contributed by atoms with Gasteiger partial charge < -0.3 is 5.11 Å². The quantitative estimate of drug-likeness (QED) is 0.768. The maximum absolute atomic E-state index is 9.49. The van der Waals surface area contributed by atoms with Crippen LogP contribution in [-0.2, 0) is 0 Å². The smallest absolute Gasteiger partial charge is 0.0798 e. The maximum Gasteiger partial charge on any atom is 0.0798 e. The van der Waals surface area contributed by atoms with Crippen molar-refractivity contribution < 1.29 is 5.11 Å². The van der Waals surface area contributed by atoms with Crippen LogP contribution in [-0.4, -0.2) is 10.4 Å². The first-order valence-corrected chi connectivity index (χ1v) is 4.75. The van der Waals surface area contributed by atoms with Gasteiger partial charge in [0.15, 0.2) is 0 Å². The Labute approximate surface area is 75.2 Å². The molecule has 0 aliphatic heterocycles. The van der Waals surface area contributed by atoms with Crippen LogP contribution in [0.4, 0.5) is 0 Å². The molecule has 0 bridgehead atoms. The topological polar surface area (TPSA) is 20.2 Å². The number of halogens is 1. The number of alkyl halides is 1. The monoisotopic (exact) mass is 214 g/mol. The Hall–Kier alpha value is -0.340. The van der Waals surface area contributed by atoms with Gasteiger partial charge in [-0.3, -0.25) is 0 Å². The fraction of sp³-hybridized carbons (Fsp3) is 0.333. The van der Waals surface area contributed by atoms with Crippen LogP contribution in [0, 0.1) is 0 Å². The summed E-state index contributed by atoms with van der Waals surface area (Å²) in [5.41, 5.74) is 0.993. The third kappa shape index (κ3) is 2.64. The maximum atomic E-state index is 9.49. The molecule has 0 heterocycles. The molecule has 0 saturated heterocycles. The van der Waals surface area contributed by atoms with Crippen molar-refractivity contribution in [2.24, 2.45) is 0 Å². The lowest BCUT2D eigenvalue weighted by atomic mass is 10.1. The van der Waals surface area contributed by atoms with E-state index in [-0.39, 0.29) is 6.10 Å². The normalized spacial score (nSPS) is 12.9. The molecule has 0 fully saturated rings. The van der Waals surface area contributed by atoms with Gasteiger partial charge in [-0.15, -0.1) is 0 Å². The van der Waals surface area contributed by atoms with E-state index in [0.29, 0.717) is 0 Å². The Bertz CT molecular complexity index is 198. The minimum Gasteiger partial charge on any atom is -0.388 e. The molecule has 1 aromatic carbocycles. The molecule has 0 radical (unpaired) electrons. The van der Waals surface area contributed by atoms with Gasteiger partial charge in [0.2, 0.25) is 0 Å². The van der Waals surface area contributed by atoms with E-state index in [2.05, 4.69) is 15.9 Å². The van der Waals surface area contributed by atoms with E-state index in [4.69, 9.17) is 0 Å². The predicted octanol–water partition coefficient (Wildman–Crippen LogP) is 2.51. The van der Waals surface area contributed by atoms with Crippen molar-refractivity contribution in [3.63, 3.8) is 0 Å². The molecule has 1 atom stereocenters. The van der Waals surface area contributed by atoms with Crippen molar-refractivity contribution in [1.82, 2.24) is 0 Å². The number of hydrogen-bond donors (Lipinski definition) is 1. The molecule has 0 aromatic heterocycles. The predicted molar refractivity (Wildman–Crippen MR) is 49.8 cm³/mol. The number of hydrogen-bond acceptors (Lipinski definition) is 1. The van der Waals surface area contributed by atoms with Crippen molar-refractivity contribution in [2.75, 3.05) is 5.33 Å². The molecular weight excluding hydrogens is 204 g/mol. The fourth-order valence-electron chi connectivity index (χ4n) is 0.945. The van der Waals surface area contributed by atoms with Crippen LogP contribution in [0.5, 0.6) is 0 Å². The largest absolute Gasteiger partial charge is 0.388 e. The summed E-state index contributed by atoms with van der Waals surface area (Å²) in [5, 5.41) is 10.3. The molecule has 2 heteroatoms. The van der Waals surface area contributed by atoms with E-state index in [1.165, 1.54) is 0 Å². The lowest BCUT2D eigenvalue weighted by Gasteiger charge is -2.07. The molecule has 0 spiro atoms. The number of benzene rings is 1. The van der Waals surface area contributed by atoms with Crippen molar-refractivity contribution in [1.29, 1.82) is 0 Å². The Morgan fingerprint density at radius 3 is 2.45 bits per heavy atom. The summed E-state index contributed by atoms with van der Waals surface area (Å²) in [4.78, 5) is 0. The van der Waals surface area contributed by atoms with E-state index in [1.807, 2.05) is 30.3 Å². The second kappa shape index (κ2) is 4.52. The summed E-state index contributed by atoms with van der Waals surface area (Å²) in [6.45, 7) is 0. The second-order valence-corrected chi connectivity index (χ2v) is 3.20. The number of aliphatic hydroxyl groups is 1. The SMILES string of the molecule is OC(CCBr)c1ccccc1. The summed E-state index contributed by atoms with van der Waals surface area (Å²) in [6, 6.07) is 9.70. The highest BCUT2D eigenvalue weighted by atomic mass is 79.9. The van der Waals surface area contributed by atoms with Gasteiger partial charge in [-0.1, -0.05) is 46.3 Å². The highest BCUT2D eigenvalue weighted by Crippen LogP contribution is 2.16. The molecule has 0 amide bonds. The molecule has 0 saturated carbocycles. The first-order chi connectivity index (χ1) is 5.34. The number of rotatable bonds is 3. The lowest BCUT2D eigenvalue weighted by molar-refractivity contribution is 0.175. The van der Waals surface area contributed by atoms with E-state index in [1.54, 1.807) is 0 Å². The molecule has 1 unspecified atom stereocenters. The highest BCUT2D eigenvalue weighted by Gasteiger charge is 2.03. The van der Waals surface area contributed by atoms with Crippen LogP contribution < -0.4 is 0 Å². The van der Waals surface area contributed by atoms with Gasteiger partial charge in [-0.05, 0) is 12.0 Å². The second-order valence-electron chi connectivity index (χ2n) is 2.40. The summed E-state index contributed by atoms with van der Waals surface area (Å²) in [6.07, 6.45) is 0.444. The van der Waals surface area contributed by atoms with Gasteiger partial charge in [-0.2, -0.15) is 0 Å². The molecule has 1 aromatic rings. The Morgan fingerprint density at radius 2 is 1.91 bits per heavy atom. The van der Waals surface area contributed by atoms with Gasteiger partial charge >= 0.3 is 0 Å². The summed E-state index contributed by atoms with van der Waals surface area (Å²) < 4.78 is 0. The molecule has 11 heavy (non-hydrogen) atoms. The van der Waals surface area contributed by atoms with Gasteiger partial charge in [0.05, 0.1) is 6.10 Å². The first kappa shape index (κ1) is 8.75. The third-order valence-corrected chi connectivity index (χ3v) is 2.02. The van der Waals surface area contributed by atoms with Crippen molar-refractivity contribution in [3.05, 3.63) is 35.9 Å². The van der Waals surface area contributed by atoms with Gasteiger partial charge in [0.1, 0.15) is 0 Å². The van der Waals surface area contributed by atoms with Crippen LogP contribution in [0.1, 0.15) is 18.1 Å². The summed E-state index contributed by atoms with van der Waals surface area (Å²) in [7, 11) is 0. The molecule has 0 aliphatic carbocycles. The Balaban J connectivity index is 2.61. The Morgan fingerprint density at radius 1 is 1.27 bits per heavy atom. The van der Waals surface area contributed by atoms with E-state index >= 15 is 0 Å². The average Bonchev–Trinajstić information content (AvgIpc) is 2.07. The van der Waals surface area contributed by atoms with Crippen LogP contribution in [0.2, 0.25) is 0 Å². The molecular formula is C9H11BrO. The summed E-state index contributed by atoms with van der Waals surface area (Å²) >= 11 is 3.29. The zero-order chi connectivity index (χ0) is 8.10. The van der Waals surface area contributed by atoms with Crippen LogP contribution in [0.25, 0.3) is 0 Å². The van der Waals surface area contributed by atoms with Crippen molar-refractivity contribution in [3.8, 4) is 0 Å². The highest BCUT2D eigenvalue weighted by molar-refractivity contribution is 9.09. The summed E-state index contributed by atoms with van der Waals surface area (Å²) in [5.74, 6) is 0. The zero-order valence-electron chi connectivity index (χ0n) is 6.20. The molecule has 1 nitrogen and oxygen atoms in total. The minimum absolute atomic E-state index is 0.324. The average molecular weight is 215 g/mol. The first-order valence-electron chi connectivity index (χ1n) is 3.63. The van der Waals surface area contributed by atoms with Crippen LogP contribution in [0.3, 0.4) is 0 Å². The fourth-order valence-corrected chi connectivity index (χ4v) is 1.38. The van der Waals surface area contributed by atoms with Crippen LogP contribution in [0.15, 0.2) is 30.3 Å². The molecule has 60 valence electrons. The van der Waals surface area contributed by atoms with Gasteiger partial charge in [0.25, 0.3) is 0 Å². The Kier molecular flexibility index (Phi) is 3.60. The van der Waals surface area contributed by atoms with Crippen molar-refractivity contribution in [2.45, 2.75) is 12.5 Å². The third-order valence-electron chi connectivity index (χ3n) is 1.57. The molecule has 0 aliphatic rings. The number of aliphatic hydroxyl groups excluding tert-OH is 1. The van der Waals surface area contributed by atoms with Crippen LogP contribution >= 0.6 is 15.9 Å². The standard InChI is InChI=1S/C9H11BrO/c10-7-6-9(11)8-4-2-1-3-5-8/h1-5,9,11H,6-7H2. The van der Waals surface area contributed by atoms with E-state index < -0.39 is 0 Å². The van der Waals surface area contributed by atoms with E-state index in [9.17, 15) is 5.11 Å². The van der Waals surface area contributed by atoms with Gasteiger partial charge in [0, 0.05) is 5.33 Å². The van der Waals surface area contributed by atoms with Crippen molar-refractivity contribution >= 4 is 15.9 Å². The molecule has 1 N–H and O–H groups in total. The zero-order valence-corrected chi connectivity index (χ0v) is 7.79. The van der Waals surface area contributed by atoms with E-state index in [0.717, 1.165) is 17.3 Å². The lowest BCUT2D eigenvalue weighted by Crippen LogP contribution is -1.96. The molecule has 1 rings (SSSR count). The minimum atomic E-state index is -0.324. The van der Waals surface area contributed by atoms with Gasteiger partial charge in [-0.25, -0.2) is 0 Å².